The number of nitrogens with zero attached hydrogens (tertiary/aromatic N) is 2. The van der Waals surface area contributed by atoms with Crippen LogP contribution in [0.1, 0.15) is 83.8 Å². The van der Waals surface area contributed by atoms with Crippen molar-refractivity contribution in [2.45, 2.75) is 83.5 Å². The molecule has 2 heterocycles. The number of allylic oxidation sites excluding steroid dienone is 8. The Bertz CT molecular complexity index is 1910. The summed E-state index contributed by atoms with van der Waals surface area (Å²) in [7, 11) is -8.46. The Labute approximate surface area is 286 Å². The van der Waals surface area contributed by atoms with Crippen LogP contribution in [0.5, 0.6) is 0 Å². The standard InChI is InChI=1S/C38H48N2O6S2/c1-37(2)31-16-5-7-18-33(31)39(24-9-11-26-47(41,42)43)35(37)22-20-29-14-13-15-30(28-29)21-23-36-38(3,4)32-17-6-8-19-34(32)40(36)25-10-12-27-48(44,45)46/h5-8,16-23,28H,9-15,24-27H2,1-4H3,(H-,41,42,43,44,45,46)/p-1. The van der Waals surface area contributed by atoms with Crippen LogP contribution in [-0.2, 0) is 31.1 Å². The molecule has 0 saturated heterocycles. The lowest BCUT2D eigenvalue weighted by atomic mass is 9.81. The summed E-state index contributed by atoms with van der Waals surface area (Å²) in [6, 6.07) is 16.7. The maximum Gasteiger partial charge on any atom is 0.209 e. The van der Waals surface area contributed by atoms with Gasteiger partial charge in [-0.2, -0.15) is 4.58 Å². The van der Waals surface area contributed by atoms with Crippen molar-refractivity contribution in [3.05, 3.63) is 107 Å². The van der Waals surface area contributed by atoms with Crippen LogP contribution < -0.4 is 4.90 Å². The summed E-state index contributed by atoms with van der Waals surface area (Å²) in [4.78, 5) is 2.27. The Kier molecular flexibility index (Phi) is 10.7. The molecule has 0 aromatic heterocycles. The van der Waals surface area contributed by atoms with E-state index in [1.54, 1.807) is 0 Å². The van der Waals surface area contributed by atoms with Crippen molar-refractivity contribution in [1.29, 1.82) is 0 Å². The second-order valence-corrected chi connectivity index (χ2v) is 17.2. The predicted molar refractivity (Wildman–Crippen MR) is 191 cm³/mol. The Morgan fingerprint density at radius 2 is 1.42 bits per heavy atom. The van der Waals surface area contributed by atoms with Crippen molar-refractivity contribution in [3.63, 3.8) is 0 Å². The number of para-hydroxylation sites is 2. The summed E-state index contributed by atoms with van der Waals surface area (Å²) in [5, 5.41) is 0. The van der Waals surface area contributed by atoms with E-state index in [4.69, 9.17) is 0 Å². The second-order valence-electron chi connectivity index (χ2n) is 14.1. The van der Waals surface area contributed by atoms with Gasteiger partial charge in [0.15, 0.2) is 5.71 Å². The third-order valence-corrected chi connectivity index (χ3v) is 11.4. The van der Waals surface area contributed by atoms with Crippen molar-refractivity contribution in [2.24, 2.45) is 0 Å². The largest absolute Gasteiger partial charge is 0.748 e. The fraction of sp³-hybridized carbons (Fsp3) is 0.447. The fourth-order valence-electron chi connectivity index (χ4n) is 7.38. The van der Waals surface area contributed by atoms with Crippen molar-refractivity contribution >= 4 is 37.3 Å². The molecule has 0 N–H and O–H groups in total. The number of anilines is 1. The Morgan fingerprint density at radius 3 is 2.12 bits per heavy atom. The molecule has 5 rings (SSSR count). The zero-order valence-corrected chi connectivity index (χ0v) is 30.1. The lowest BCUT2D eigenvalue weighted by molar-refractivity contribution is -0.438. The van der Waals surface area contributed by atoms with Gasteiger partial charge in [-0.25, -0.2) is 16.8 Å². The number of fused-ring (bicyclic) bond motifs is 2. The normalized spacial score (nSPS) is 20.5. The molecule has 0 radical (unpaired) electrons. The van der Waals surface area contributed by atoms with Crippen LogP contribution >= 0.6 is 0 Å². The molecule has 0 bridgehead atoms. The number of benzene rings is 2. The van der Waals surface area contributed by atoms with Crippen molar-refractivity contribution < 1.29 is 30.5 Å². The molecule has 0 atom stereocenters. The fourth-order valence-corrected chi connectivity index (χ4v) is 8.49. The van der Waals surface area contributed by atoms with E-state index >= 15 is 0 Å². The van der Waals surface area contributed by atoms with Crippen LogP contribution in [-0.4, -0.2) is 60.8 Å². The third kappa shape index (κ3) is 8.28. The molecule has 0 fully saturated rings. The summed E-state index contributed by atoms with van der Waals surface area (Å²) >= 11 is 0. The molecule has 10 heteroatoms. The molecule has 0 amide bonds. The van der Waals surface area contributed by atoms with E-state index < -0.39 is 20.2 Å². The van der Waals surface area contributed by atoms with Gasteiger partial charge in [0.25, 0.3) is 0 Å². The van der Waals surface area contributed by atoms with E-state index in [0.29, 0.717) is 38.8 Å². The SMILES string of the molecule is CC1(C)C(/C=C/C2=CC(=C/C=C3\N(CCCCS(=O)(=O)[O-])c4ccccc4C3(C)C)/CCC2)=[N+](CCCCS(=O)(=O)[O-])c2ccccc21. The Morgan fingerprint density at radius 1 is 0.771 bits per heavy atom. The van der Waals surface area contributed by atoms with Gasteiger partial charge in [-0.05, 0) is 81.2 Å². The van der Waals surface area contributed by atoms with Crippen molar-refractivity contribution in [2.75, 3.05) is 29.5 Å². The monoisotopic (exact) mass is 691 g/mol. The van der Waals surface area contributed by atoms with Gasteiger partial charge < -0.3 is 14.0 Å². The highest BCUT2D eigenvalue weighted by atomic mass is 32.2. The average Bonchev–Trinajstić information content (AvgIpc) is 3.37. The molecule has 0 unspecified atom stereocenters. The van der Waals surface area contributed by atoms with Gasteiger partial charge >= 0.3 is 0 Å². The summed E-state index contributed by atoms with van der Waals surface area (Å²) in [6.45, 7) is 10.1. The predicted octanol–water partition coefficient (Wildman–Crippen LogP) is 6.99. The second kappa shape index (κ2) is 14.3. The maximum absolute atomic E-state index is 11.2. The van der Waals surface area contributed by atoms with Crippen LogP contribution in [0.4, 0.5) is 11.4 Å². The van der Waals surface area contributed by atoms with E-state index in [9.17, 15) is 25.9 Å². The van der Waals surface area contributed by atoms with Gasteiger partial charge in [-0.3, -0.25) is 0 Å². The van der Waals surface area contributed by atoms with Crippen LogP contribution in [0.2, 0.25) is 0 Å². The van der Waals surface area contributed by atoms with E-state index in [0.717, 1.165) is 42.0 Å². The summed E-state index contributed by atoms with van der Waals surface area (Å²) < 4.78 is 69.3. The molecule has 3 aliphatic rings. The molecule has 2 aliphatic heterocycles. The molecule has 0 spiro atoms. The molecule has 2 aromatic rings. The van der Waals surface area contributed by atoms with Crippen LogP contribution in [0.3, 0.4) is 0 Å². The minimum atomic E-state index is -4.23. The highest BCUT2D eigenvalue weighted by Gasteiger charge is 2.44. The minimum absolute atomic E-state index is 0.236. The van der Waals surface area contributed by atoms with Gasteiger partial charge in [0.2, 0.25) is 5.69 Å². The Hall–Kier alpha value is -3.31. The van der Waals surface area contributed by atoms with E-state index in [1.165, 1.54) is 22.3 Å². The number of unbranched alkanes of at least 4 members (excludes halogenated alkanes) is 2. The highest BCUT2D eigenvalue weighted by Crippen LogP contribution is 2.48. The Balaban J connectivity index is 1.40. The van der Waals surface area contributed by atoms with Gasteiger partial charge in [0, 0.05) is 59.0 Å². The average molecular weight is 692 g/mol. The number of hydrogen-bond donors (Lipinski definition) is 0. The van der Waals surface area contributed by atoms with Crippen molar-refractivity contribution in [1.82, 2.24) is 0 Å². The first kappa shape index (κ1) is 36.0. The quantitative estimate of drug-likeness (QED) is 0.126. The van der Waals surface area contributed by atoms with Gasteiger partial charge in [0.1, 0.15) is 6.54 Å². The van der Waals surface area contributed by atoms with Crippen LogP contribution in [0, 0.1) is 0 Å². The number of hydrogen-bond acceptors (Lipinski definition) is 7. The molecule has 2 aromatic carbocycles. The number of rotatable bonds is 13. The van der Waals surface area contributed by atoms with Gasteiger partial charge in [0.05, 0.1) is 25.7 Å². The highest BCUT2D eigenvalue weighted by molar-refractivity contribution is 7.85. The zero-order valence-electron chi connectivity index (χ0n) is 28.4. The summed E-state index contributed by atoms with van der Waals surface area (Å²) in [5.41, 5.74) is 9.01. The molecule has 48 heavy (non-hydrogen) atoms. The van der Waals surface area contributed by atoms with Gasteiger partial charge in [-0.15, -0.1) is 0 Å². The molecular formula is C38H47N2O6S2-. The maximum atomic E-state index is 11.2. The smallest absolute Gasteiger partial charge is 0.209 e. The van der Waals surface area contributed by atoms with Crippen molar-refractivity contribution in [3.8, 4) is 0 Å². The first-order chi connectivity index (χ1) is 22.6. The first-order valence-electron chi connectivity index (χ1n) is 16.9. The first-order valence-corrected chi connectivity index (χ1v) is 20.0. The third-order valence-electron chi connectivity index (χ3n) is 9.86. The summed E-state index contributed by atoms with van der Waals surface area (Å²) in [5.74, 6) is -0.690. The van der Waals surface area contributed by atoms with E-state index in [-0.39, 0.29) is 22.3 Å². The zero-order chi connectivity index (χ0) is 34.7. The van der Waals surface area contributed by atoms with Crippen LogP contribution in [0.15, 0.2) is 95.8 Å². The molecule has 258 valence electrons. The van der Waals surface area contributed by atoms with E-state index in [2.05, 4.69) is 91.8 Å². The lowest BCUT2D eigenvalue weighted by Crippen LogP contribution is -2.28. The topological polar surface area (TPSA) is 121 Å². The molecule has 0 saturated carbocycles. The van der Waals surface area contributed by atoms with Gasteiger partial charge in [-0.1, -0.05) is 68.5 Å². The summed E-state index contributed by atoms with van der Waals surface area (Å²) in [6.07, 6.45) is 15.9. The minimum Gasteiger partial charge on any atom is -0.748 e. The van der Waals surface area contributed by atoms with E-state index in [1.807, 2.05) is 24.3 Å². The molecular weight excluding hydrogens is 645 g/mol. The van der Waals surface area contributed by atoms with Crippen LogP contribution in [0.25, 0.3) is 0 Å². The lowest BCUT2D eigenvalue weighted by Gasteiger charge is -2.27. The molecule has 8 nitrogen and oxygen atoms in total. The molecule has 1 aliphatic carbocycles.